The third-order valence-electron chi connectivity index (χ3n) is 8.07. The van der Waals surface area contributed by atoms with Crippen molar-refractivity contribution in [1.82, 2.24) is 19.9 Å². The Morgan fingerprint density at radius 2 is 1.78 bits per heavy atom. The summed E-state index contributed by atoms with van der Waals surface area (Å²) in [5, 5.41) is 3.29. The van der Waals surface area contributed by atoms with E-state index in [0.717, 1.165) is 72.3 Å². The van der Waals surface area contributed by atoms with Crippen LogP contribution in [0, 0.1) is 6.92 Å². The number of aryl methyl sites for hydroxylation is 3. The summed E-state index contributed by atoms with van der Waals surface area (Å²) in [6, 6.07) is 12.1. The number of aromatic nitrogens is 3. The van der Waals surface area contributed by atoms with Gasteiger partial charge in [-0.3, -0.25) is 9.78 Å². The molecule has 0 bridgehead atoms. The van der Waals surface area contributed by atoms with Crippen molar-refractivity contribution in [1.29, 1.82) is 0 Å². The van der Waals surface area contributed by atoms with Gasteiger partial charge in [-0.1, -0.05) is 24.3 Å². The van der Waals surface area contributed by atoms with Crippen LogP contribution in [0.25, 0.3) is 0 Å². The number of ether oxygens (including phenoxy) is 1. The van der Waals surface area contributed by atoms with E-state index < -0.39 is 11.0 Å². The van der Waals surface area contributed by atoms with Crippen molar-refractivity contribution >= 4 is 23.6 Å². The molecule has 5 rings (SSSR count). The van der Waals surface area contributed by atoms with Crippen LogP contribution in [0.5, 0.6) is 0 Å². The molecule has 0 atom stereocenters. The first-order valence-electron chi connectivity index (χ1n) is 14.5. The monoisotopic (exact) mass is 556 g/mol. The fraction of sp³-hybridized carbons (Fsp3) is 0.469. The van der Waals surface area contributed by atoms with E-state index in [0.29, 0.717) is 25.0 Å². The molecule has 1 aromatic carbocycles. The Bertz CT molecular complexity index is 1400. The average Bonchev–Trinajstić information content (AvgIpc) is 3.76. The molecule has 2 aliphatic rings. The Kier molecular flexibility index (Phi) is 7.98. The molecule has 9 heteroatoms. The third kappa shape index (κ3) is 6.66. The van der Waals surface area contributed by atoms with Crippen molar-refractivity contribution < 1.29 is 14.3 Å². The van der Waals surface area contributed by atoms with Gasteiger partial charge in [0.1, 0.15) is 5.60 Å². The SMILES string of the molecule is Cc1cnc(Nc2ccc(C3CCN(C(=O)OC(C)(C)C)CC3)nc2)nc1CCc1ccccc1C1(C(N)=O)CC1. The van der Waals surface area contributed by atoms with Crippen LogP contribution in [0.15, 0.2) is 48.8 Å². The summed E-state index contributed by atoms with van der Waals surface area (Å²) in [5.74, 6) is 0.590. The number of primary amides is 1. The number of rotatable bonds is 8. The molecule has 1 saturated carbocycles. The van der Waals surface area contributed by atoms with Crippen molar-refractivity contribution in [2.75, 3.05) is 18.4 Å². The lowest BCUT2D eigenvalue weighted by Crippen LogP contribution is -2.41. The molecule has 3 N–H and O–H groups in total. The Hall–Kier alpha value is -4.01. The second-order valence-electron chi connectivity index (χ2n) is 12.3. The summed E-state index contributed by atoms with van der Waals surface area (Å²) >= 11 is 0. The zero-order chi connectivity index (χ0) is 29.2. The van der Waals surface area contributed by atoms with Crippen molar-refractivity contribution in [3.63, 3.8) is 0 Å². The summed E-state index contributed by atoms with van der Waals surface area (Å²) < 4.78 is 5.51. The van der Waals surface area contributed by atoms with E-state index in [2.05, 4.69) is 16.4 Å². The molecular formula is C32H40N6O3. The van der Waals surface area contributed by atoms with Crippen molar-refractivity contribution in [2.45, 2.75) is 83.2 Å². The van der Waals surface area contributed by atoms with Crippen molar-refractivity contribution in [3.8, 4) is 0 Å². The van der Waals surface area contributed by atoms with Crippen LogP contribution in [0.4, 0.5) is 16.4 Å². The highest BCUT2D eigenvalue weighted by molar-refractivity contribution is 5.90. The number of benzene rings is 1. The number of hydrogen-bond donors (Lipinski definition) is 2. The third-order valence-corrected chi connectivity index (χ3v) is 8.07. The van der Waals surface area contributed by atoms with E-state index in [1.165, 1.54) is 0 Å². The minimum absolute atomic E-state index is 0.236. The predicted molar refractivity (Wildman–Crippen MR) is 158 cm³/mol. The molecule has 3 aromatic rings. The Labute approximate surface area is 241 Å². The van der Waals surface area contributed by atoms with Gasteiger partial charge in [0.15, 0.2) is 0 Å². The minimum Gasteiger partial charge on any atom is -0.444 e. The standard InChI is InChI=1S/C32H40N6O3/c1-21-19-35-29(37-26(21)11-9-22-7-5-6-8-25(22)32(15-16-32)28(33)39)36-24-10-12-27(34-20-24)23-13-17-38(18-14-23)30(40)41-31(2,3)4/h5-8,10,12,19-20,23H,9,11,13-18H2,1-4H3,(H2,33,39)(H,35,36,37). The second kappa shape index (κ2) is 11.5. The van der Waals surface area contributed by atoms with Crippen LogP contribution >= 0.6 is 0 Å². The molecule has 216 valence electrons. The van der Waals surface area contributed by atoms with Gasteiger partial charge >= 0.3 is 6.09 Å². The molecule has 1 saturated heterocycles. The predicted octanol–water partition coefficient (Wildman–Crippen LogP) is 5.34. The number of piperidine rings is 1. The van der Waals surface area contributed by atoms with Crippen LogP contribution < -0.4 is 11.1 Å². The van der Waals surface area contributed by atoms with E-state index >= 15 is 0 Å². The van der Waals surface area contributed by atoms with E-state index in [1.807, 2.05) is 70.4 Å². The maximum absolute atomic E-state index is 12.4. The summed E-state index contributed by atoms with van der Waals surface area (Å²) in [6.07, 6.45) is 8.24. The van der Waals surface area contributed by atoms with Crippen LogP contribution in [0.1, 0.15) is 80.5 Å². The first kappa shape index (κ1) is 28.5. The highest BCUT2D eigenvalue weighted by Gasteiger charge is 2.50. The zero-order valence-electron chi connectivity index (χ0n) is 24.4. The maximum Gasteiger partial charge on any atom is 0.410 e. The number of nitrogens with one attached hydrogen (secondary N) is 1. The summed E-state index contributed by atoms with van der Waals surface area (Å²) in [4.78, 5) is 40.3. The number of anilines is 2. The average molecular weight is 557 g/mol. The zero-order valence-corrected chi connectivity index (χ0v) is 24.4. The lowest BCUT2D eigenvalue weighted by Gasteiger charge is -2.33. The number of carbonyl (C=O) groups is 2. The number of likely N-dealkylation sites (tertiary alicyclic amines) is 1. The number of amides is 2. The number of carbonyl (C=O) groups excluding carboxylic acids is 2. The fourth-order valence-electron chi connectivity index (χ4n) is 5.56. The summed E-state index contributed by atoms with van der Waals surface area (Å²) in [5.41, 5.74) is 10.8. The Balaban J connectivity index is 1.19. The van der Waals surface area contributed by atoms with E-state index in [1.54, 1.807) is 4.90 Å². The van der Waals surface area contributed by atoms with Crippen molar-refractivity contribution in [2.24, 2.45) is 5.73 Å². The molecular weight excluding hydrogens is 516 g/mol. The lowest BCUT2D eigenvalue weighted by atomic mass is 9.88. The van der Waals surface area contributed by atoms with Gasteiger partial charge in [0.05, 0.1) is 17.3 Å². The quantitative estimate of drug-likeness (QED) is 0.384. The fourth-order valence-corrected chi connectivity index (χ4v) is 5.56. The second-order valence-corrected chi connectivity index (χ2v) is 12.3. The molecule has 2 aromatic heterocycles. The molecule has 2 amide bonds. The van der Waals surface area contributed by atoms with Crippen LogP contribution in [-0.2, 0) is 27.8 Å². The van der Waals surface area contributed by atoms with Crippen LogP contribution in [0.2, 0.25) is 0 Å². The minimum atomic E-state index is -0.502. The molecule has 9 nitrogen and oxygen atoms in total. The molecule has 41 heavy (non-hydrogen) atoms. The smallest absolute Gasteiger partial charge is 0.410 e. The largest absolute Gasteiger partial charge is 0.444 e. The molecule has 3 heterocycles. The molecule has 2 fully saturated rings. The molecule has 0 radical (unpaired) electrons. The Morgan fingerprint density at radius 1 is 1.05 bits per heavy atom. The van der Waals surface area contributed by atoms with Gasteiger partial charge in [0.25, 0.3) is 0 Å². The molecule has 0 spiro atoms. The first-order valence-corrected chi connectivity index (χ1v) is 14.5. The summed E-state index contributed by atoms with van der Waals surface area (Å²) in [6.45, 7) is 8.99. The maximum atomic E-state index is 12.4. The van der Waals surface area contributed by atoms with Gasteiger partial charge < -0.3 is 20.7 Å². The van der Waals surface area contributed by atoms with E-state index in [4.69, 9.17) is 20.4 Å². The lowest BCUT2D eigenvalue weighted by molar-refractivity contribution is -0.120. The molecule has 1 aliphatic carbocycles. The van der Waals surface area contributed by atoms with Gasteiger partial charge in [-0.05, 0) is 95.0 Å². The number of hydrogen-bond acceptors (Lipinski definition) is 7. The topological polar surface area (TPSA) is 123 Å². The normalized spacial score (nSPS) is 16.7. The number of pyridine rings is 1. The van der Waals surface area contributed by atoms with E-state index in [9.17, 15) is 9.59 Å². The highest BCUT2D eigenvalue weighted by atomic mass is 16.6. The number of nitrogens with zero attached hydrogens (tertiary/aromatic N) is 4. The molecule has 1 aliphatic heterocycles. The summed E-state index contributed by atoms with van der Waals surface area (Å²) in [7, 11) is 0. The van der Waals surface area contributed by atoms with Gasteiger partial charge in [0, 0.05) is 36.6 Å². The number of nitrogens with two attached hydrogens (primary N) is 1. The highest BCUT2D eigenvalue weighted by Crippen LogP contribution is 2.49. The Morgan fingerprint density at radius 3 is 2.41 bits per heavy atom. The van der Waals surface area contributed by atoms with Crippen molar-refractivity contribution in [3.05, 3.63) is 76.9 Å². The van der Waals surface area contributed by atoms with Gasteiger partial charge in [-0.15, -0.1) is 0 Å². The van der Waals surface area contributed by atoms with Gasteiger partial charge in [-0.2, -0.15) is 0 Å². The first-order chi connectivity index (χ1) is 19.5. The van der Waals surface area contributed by atoms with Crippen LogP contribution in [0.3, 0.4) is 0 Å². The van der Waals surface area contributed by atoms with Gasteiger partial charge in [-0.25, -0.2) is 14.8 Å². The van der Waals surface area contributed by atoms with Gasteiger partial charge in [0.2, 0.25) is 11.9 Å². The van der Waals surface area contributed by atoms with E-state index in [-0.39, 0.29) is 12.0 Å². The van der Waals surface area contributed by atoms with Crippen LogP contribution in [-0.4, -0.2) is 50.5 Å². The molecule has 0 unspecified atom stereocenters.